The third-order valence-electron chi connectivity index (χ3n) is 4.28. The number of primary amides is 1. The average molecular weight is 358 g/mol. The molecule has 25 heavy (non-hydrogen) atoms. The van der Waals surface area contributed by atoms with Crippen molar-refractivity contribution in [2.24, 2.45) is 5.73 Å². The quantitative estimate of drug-likeness (QED) is 0.772. The molecule has 1 aliphatic rings. The Labute approximate surface area is 151 Å². The number of ether oxygens (including phenoxy) is 1. The lowest BCUT2D eigenvalue weighted by Gasteiger charge is -2.20. The van der Waals surface area contributed by atoms with E-state index in [1.165, 1.54) is 23.8 Å². The molecule has 0 unspecified atom stereocenters. The Morgan fingerprint density at radius 1 is 1.32 bits per heavy atom. The van der Waals surface area contributed by atoms with Crippen LogP contribution in [0, 0.1) is 0 Å². The molecule has 0 aliphatic heterocycles. The van der Waals surface area contributed by atoms with Crippen molar-refractivity contribution in [3.05, 3.63) is 34.9 Å². The van der Waals surface area contributed by atoms with Crippen LogP contribution in [0.3, 0.4) is 0 Å². The second kappa shape index (κ2) is 7.27. The van der Waals surface area contributed by atoms with Gasteiger partial charge in [0.2, 0.25) is 5.91 Å². The van der Waals surface area contributed by atoms with E-state index in [1.807, 2.05) is 12.1 Å². The zero-order chi connectivity index (χ0) is 18.0. The van der Waals surface area contributed by atoms with Crippen LogP contribution in [0.5, 0.6) is 5.75 Å². The number of rotatable bonds is 6. The monoisotopic (exact) mass is 358 g/mol. The summed E-state index contributed by atoms with van der Waals surface area (Å²) in [6, 6.07) is 6.06. The molecule has 1 aromatic heterocycles. The lowest BCUT2D eigenvalue weighted by molar-refractivity contribution is -0.114. The average Bonchev–Trinajstić information content (AvgIpc) is 2.92. The van der Waals surface area contributed by atoms with Crippen molar-refractivity contribution in [1.82, 2.24) is 0 Å². The van der Waals surface area contributed by atoms with Crippen LogP contribution in [0.15, 0.2) is 18.2 Å². The maximum absolute atomic E-state index is 12.0. The molecule has 0 saturated carbocycles. The van der Waals surface area contributed by atoms with E-state index in [-0.39, 0.29) is 5.91 Å². The normalized spacial score (nSPS) is 12.2. The summed E-state index contributed by atoms with van der Waals surface area (Å²) in [5.74, 6) is 0.112. The summed E-state index contributed by atoms with van der Waals surface area (Å²) in [6.07, 6.45) is 3.61. The zero-order valence-electron chi connectivity index (χ0n) is 14.5. The second-order valence-electron chi connectivity index (χ2n) is 6.15. The van der Waals surface area contributed by atoms with E-state index in [0.717, 1.165) is 47.4 Å². The molecule has 3 N–H and O–H groups in total. The number of aryl methyl sites for hydroxylation is 1. The SMILES string of the molecule is CCCCOc1cccc2c1-c1sc(NC(C)=O)c(C(N)=O)c1CC2. The fourth-order valence-electron chi connectivity index (χ4n) is 3.16. The van der Waals surface area contributed by atoms with Crippen LogP contribution in [0.1, 0.15) is 48.2 Å². The lowest BCUT2D eigenvalue weighted by atomic mass is 9.88. The Balaban J connectivity index is 2.11. The maximum Gasteiger partial charge on any atom is 0.252 e. The van der Waals surface area contributed by atoms with Gasteiger partial charge in [-0.3, -0.25) is 9.59 Å². The molecule has 132 valence electrons. The summed E-state index contributed by atoms with van der Waals surface area (Å²) in [5, 5.41) is 3.28. The van der Waals surface area contributed by atoms with Crippen molar-refractivity contribution in [2.75, 3.05) is 11.9 Å². The van der Waals surface area contributed by atoms with E-state index in [2.05, 4.69) is 18.3 Å². The number of hydrogen-bond donors (Lipinski definition) is 2. The predicted octanol–water partition coefficient (Wildman–Crippen LogP) is 3.75. The van der Waals surface area contributed by atoms with Crippen molar-refractivity contribution in [3.63, 3.8) is 0 Å². The van der Waals surface area contributed by atoms with Gasteiger partial charge in [-0.25, -0.2) is 0 Å². The van der Waals surface area contributed by atoms with Crippen LogP contribution in [-0.2, 0) is 17.6 Å². The number of nitrogens with two attached hydrogens (primary N) is 1. The van der Waals surface area contributed by atoms with Crippen LogP contribution in [0.2, 0.25) is 0 Å². The largest absolute Gasteiger partial charge is 0.493 e. The molecular formula is C19H22N2O3S. The molecule has 2 amide bonds. The van der Waals surface area contributed by atoms with Crippen LogP contribution in [-0.4, -0.2) is 18.4 Å². The number of unbranched alkanes of at least 4 members (excludes halogenated alkanes) is 1. The molecule has 2 aromatic rings. The highest BCUT2D eigenvalue weighted by molar-refractivity contribution is 7.20. The third-order valence-corrected chi connectivity index (χ3v) is 5.45. The summed E-state index contributed by atoms with van der Waals surface area (Å²) >= 11 is 1.40. The second-order valence-corrected chi connectivity index (χ2v) is 7.17. The summed E-state index contributed by atoms with van der Waals surface area (Å²) in [7, 11) is 0. The van der Waals surface area contributed by atoms with Crippen LogP contribution < -0.4 is 15.8 Å². The van der Waals surface area contributed by atoms with Crippen molar-refractivity contribution < 1.29 is 14.3 Å². The minimum atomic E-state index is -0.505. The van der Waals surface area contributed by atoms with Crippen molar-refractivity contribution >= 4 is 28.2 Å². The van der Waals surface area contributed by atoms with Crippen molar-refractivity contribution in [1.29, 1.82) is 0 Å². The Kier molecular flexibility index (Phi) is 5.08. The highest BCUT2D eigenvalue weighted by atomic mass is 32.1. The van der Waals surface area contributed by atoms with Gasteiger partial charge < -0.3 is 15.8 Å². The number of hydrogen-bond acceptors (Lipinski definition) is 4. The molecule has 3 rings (SSSR count). The molecule has 0 radical (unpaired) electrons. The van der Waals surface area contributed by atoms with Gasteiger partial charge in [0.25, 0.3) is 5.91 Å². The first kappa shape index (κ1) is 17.5. The first-order valence-electron chi connectivity index (χ1n) is 8.51. The highest BCUT2D eigenvalue weighted by Crippen LogP contribution is 2.48. The number of fused-ring (bicyclic) bond motifs is 3. The zero-order valence-corrected chi connectivity index (χ0v) is 15.3. The Hall–Kier alpha value is -2.34. The van der Waals surface area contributed by atoms with Crippen LogP contribution in [0.25, 0.3) is 10.4 Å². The number of thiophene rings is 1. The van der Waals surface area contributed by atoms with Gasteiger partial charge in [0, 0.05) is 17.4 Å². The highest BCUT2D eigenvalue weighted by Gasteiger charge is 2.29. The van der Waals surface area contributed by atoms with E-state index in [0.29, 0.717) is 17.2 Å². The summed E-state index contributed by atoms with van der Waals surface area (Å²) in [4.78, 5) is 24.5. The Bertz CT molecular complexity index is 826. The van der Waals surface area contributed by atoms with Gasteiger partial charge >= 0.3 is 0 Å². The molecule has 6 heteroatoms. The fourth-order valence-corrected chi connectivity index (χ4v) is 4.55. The number of carbonyl (C=O) groups is 2. The third kappa shape index (κ3) is 3.39. The predicted molar refractivity (Wildman–Crippen MR) is 100 cm³/mol. The summed E-state index contributed by atoms with van der Waals surface area (Å²) in [6.45, 7) is 4.21. The van der Waals surface area contributed by atoms with Gasteiger partial charge in [-0.15, -0.1) is 11.3 Å². The number of amides is 2. The molecular weight excluding hydrogens is 336 g/mol. The van der Waals surface area contributed by atoms with Gasteiger partial charge in [0.15, 0.2) is 0 Å². The molecule has 5 nitrogen and oxygen atoms in total. The van der Waals surface area contributed by atoms with E-state index in [9.17, 15) is 9.59 Å². The molecule has 1 aliphatic carbocycles. The Morgan fingerprint density at radius 3 is 2.80 bits per heavy atom. The van der Waals surface area contributed by atoms with E-state index >= 15 is 0 Å². The molecule has 0 atom stereocenters. The molecule has 1 heterocycles. The smallest absolute Gasteiger partial charge is 0.252 e. The molecule has 0 bridgehead atoms. The summed E-state index contributed by atoms with van der Waals surface area (Å²) < 4.78 is 6.00. The van der Waals surface area contributed by atoms with E-state index in [4.69, 9.17) is 10.5 Å². The Morgan fingerprint density at radius 2 is 2.12 bits per heavy atom. The van der Waals surface area contributed by atoms with Gasteiger partial charge in [-0.05, 0) is 36.5 Å². The minimum Gasteiger partial charge on any atom is -0.493 e. The molecule has 0 fully saturated rings. The van der Waals surface area contributed by atoms with Crippen molar-refractivity contribution in [2.45, 2.75) is 39.5 Å². The topological polar surface area (TPSA) is 81.4 Å². The van der Waals surface area contributed by atoms with Gasteiger partial charge in [-0.1, -0.05) is 25.5 Å². The maximum atomic E-state index is 12.0. The van der Waals surface area contributed by atoms with Crippen LogP contribution in [0.4, 0.5) is 5.00 Å². The standard InChI is InChI=1S/C19H22N2O3S/c1-3-4-10-24-14-7-5-6-12-8-9-13-16(18(20)23)19(21-11(2)22)25-17(13)15(12)14/h5-7H,3-4,8-10H2,1-2H3,(H2,20,23)(H,21,22). The summed E-state index contributed by atoms with van der Waals surface area (Å²) in [5.41, 5.74) is 9.19. The van der Waals surface area contributed by atoms with Crippen LogP contribution >= 0.6 is 11.3 Å². The minimum absolute atomic E-state index is 0.214. The van der Waals surface area contributed by atoms with Gasteiger partial charge in [-0.2, -0.15) is 0 Å². The van der Waals surface area contributed by atoms with E-state index in [1.54, 1.807) is 0 Å². The molecule has 0 saturated heterocycles. The van der Waals surface area contributed by atoms with E-state index < -0.39 is 5.91 Å². The van der Waals surface area contributed by atoms with Gasteiger partial charge in [0.05, 0.1) is 12.2 Å². The first-order chi connectivity index (χ1) is 12.0. The van der Waals surface area contributed by atoms with Gasteiger partial charge in [0.1, 0.15) is 10.8 Å². The number of anilines is 1. The molecule has 1 aromatic carbocycles. The van der Waals surface area contributed by atoms with Crippen molar-refractivity contribution in [3.8, 4) is 16.2 Å². The number of nitrogens with one attached hydrogen (secondary N) is 1. The number of carbonyl (C=O) groups excluding carboxylic acids is 2. The number of benzene rings is 1. The fraction of sp³-hybridized carbons (Fsp3) is 0.368. The lowest BCUT2D eigenvalue weighted by Crippen LogP contribution is -2.17. The first-order valence-corrected chi connectivity index (χ1v) is 9.32. The molecule has 0 spiro atoms.